The molecule has 4 nitrogen and oxygen atoms in total. The largest absolute Gasteiger partial charge is 0.466 e. The number of likely N-dealkylation sites (tertiary alicyclic amines) is 1. The number of carbonyl (C=O) groups excluding carboxylic acids is 2. The molecule has 0 aromatic heterocycles. The highest BCUT2D eigenvalue weighted by atomic mass is 16.5. The summed E-state index contributed by atoms with van der Waals surface area (Å²) in [6.07, 6.45) is 3.34. The average Bonchev–Trinajstić information content (AvgIpc) is 2.39. The third kappa shape index (κ3) is 4.31. The van der Waals surface area contributed by atoms with Gasteiger partial charge in [0.25, 0.3) is 0 Å². The number of esters is 1. The van der Waals surface area contributed by atoms with Gasteiger partial charge in [-0.05, 0) is 25.7 Å². The molecule has 0 N–H and O–H groups in total. The molecule has 0 aromatic rings. The highest BCUT2D eigenvalue weighted by Crippen LogP contribution is 2.20. The summed E-state index contributed by atoms with van der Waals surface area (Å²) in [5.41, 5.74) is 0. The summed E-state index contributed by atoms with van der Waals surface area (Å²) < 4.78 is 5.03. The third-order valence-corrected chi connectivity index (χ3v) is 3.61. The second-order valence-corrected chi connectivity index (χ2v) is 5.15. The van der Waals surface area contributed by atoms with E-state index in [4.69, 9.17) is 4.74 Å². The zero-order valence-corrected chi connectivity index (χ0v) is 11.8. The summed E-state index contributed by atoms with van der Waals surface area (Å²) >= 11 is 0. The van der Waals surface area contributed by atoms with Crippen LogP contribution in [-0.4, -0.2) is 36.5 Å². The van der Waals surface area contributed by atoms with Gasteiger partial charge >= 0.3 is 5.97 Å². The fourth-order valence-electron chi connectivity index (χ4n) is 2.23. The summed E-state index contributed by atoms with van der Waals surface area (Å²) in [4.78, 5) is 25.6. The van der Waals surface area contributed by atoms with Crippen LogP contribution in [0.4, 0.5) is 0 Å². The van der Waals surface area contributed by atoms with E-state index < -0.39 is 0 Å². The second-order valence-electron chi connectivity index (χ2n) is 5.15. The van der Waals surface area contributed by atoms with Gasteiger partial charge in [-0.1, -0.05) is 20.3 Å². The van der Waals surface area contributed by atoms with Crippen molar-refractivity contribution in [1.82, 2.24) is 4.90 Å². The molecule has 1 saturated heterocycles. The molecule has 104 valence electrons. The van der Waals surface area contributed by atoms with E-state index in [0.717, 1.165) is 25.8 Å². The van der Waals surface area contributed by atoms with E-state index in [1.54, 1.807) is 0 Å². The highest BCUT2D eigenvalue weighted by molar-refractivity contribution is 5.78. The first-order valence-corrected chi connectivity index (χ1v) is 7.02. The number of rotatable bonds is 5. The molecule has 1 unspecified atom stereocenters. The Balaban J connectivity index is 2.47. The maximum absolute atomic E-state index is 12.1. The van der Waals surface area contributed by atoms with Crippen molar-refractivity contribution in [3.05, 3.63) is 0 Å². The van der Waals surface area contributed by atoms with E-state index >= 15 is 0 Å². The molecule has 1 aliphatic rings. The first-order chi connectivity index (χ1) is 8.58. The molecule has 0 radical (unpaired) electrons. The normalized spacial score (nSPS) is 21.5. The Morgan fingerprint density at radius 2 is 2.11 bits per heavy atom. The van der Waals surface area contributed by atoms with Crippen LogP contribution in [0.1, 0.15) is 46.5 Å². The van der Waals surface area contributed by atoms with E-state index in [-0.39, 0.29) is 17.8 Å². The van der Waals surface area contributed by atoms with Crippen molar-refractivity contribution in [2.24, 2.45) is 11.8 Å². The number of hydrogen-bond donors (Lipinski definition) is 0. The van der Waals surface area contributed by atoms with Gasteiger partial charge in [-0.2, -0.15) is 0 Å². The maximum Gasteiger partial charge on any atom is 0.310 e. The zero-order chi connectivity index (χ0) is 13.5. The van der Waals surface area contributed by atoms with E-state index in [0.29, 0.717) is 25.5 Å². The molecule has 1 fully saturated rings. The monoisotopic (exact) mass is 255 g/mol. The van der Waals surface area contributed by atoms with Crippen LogP contribution in [0, 0.1) is 11.8 Å². The highest BCUT2D eigenvalue weighted by Gasteiger charge is 2.29. The van der Waals surface area contributed by atoms with Crippen LogP contribution in [0.5, 0.6) is 0 Å². The Morgan fingerprint density at radius 3 is 2.72 bits per heavy atom. The van der Waals surface area contributed by atoms with E-state index in [9.17, 15) is 9.59 Å². The van der Waals surface area contributed by atoms with Gasteiger partial charge in [-0.15, -0.1) is 0 Å². The van der Waals surface area contributed by atoms with Crippen molar-refractivity contribution < 1.29 is 14.3 Å². The molecule has 1 aliphatic heterocycles. The van der Waals surface area contributed by atoms with Gasteiger partial charge in [0.2, 0.25) is 5.91 Å². The van der Waals surface area contributed by atoms with Gasteiger partial charge in [-0.3, -0.25) is 9.59 Å². The number of hydrogen-bond acceptors (Lipinski definition) is 3. The summed E-state index contributed by atoms with van der Waals surface area (Å²) in [5.74, 6) is 0.317. The smallest absolute Gasteiger partial charge is 0.310 e. The molecular formula is C14H25NO3. The lowest BCUT2D eigenvalue weighted by atomic mass is 9.96. The van der Waals surface area contributed by atoms with Crippen molar-refractivity contribution in [2.75, 3.05) is 19.7 Å². The van der Waals surface area contributed by atoms with Gasteiger partial charge in [-0.25, -0.2) is 0 Å². The Kier molecular flexibility index (Phi) is 6.16. The standard InChI is InChI=1S/C14H25NO3/c1-4-11(3)9-13(16)15-8-6-7-12(10-15)14(17)18-5-2/h11-12H,4-10H2,1-3H3/t11?,12-/m0/s1. The van der Waals surface area contributed by atoms with Crippen molar-refractivity contribution in [1.29, 1.82) is 0 Å². The Labute approximate surface area is 110 Å². The summed E-state index contributed by atoms with van der Waals surface area (Å²) in [5, 5.41) is 0. The molecule has 0 aromatic carbocycles. The van der Waals surface area contributed by atoms with E-state index in [2.05, 4.69) is 13.8 Å². The van der Waals surface area contributed by atoms with Crippen molar-refractivity contribution in [3.63, 3.8) is 0 Å². The first kappa shape index (κ1) is 15.0. The van der Waals surface area contributed by atoms with Crippen LogP contribution in [0.15, 0.2) is 0 Å². The lowest BCUT2D eigenvalue weighted by Gasteiger charge is -2.32. The zero-order valence-electron chi connectivity index (χ0n) is 11.8. The number of amides is 1. The van der Waals surface area contributed by atoms with Gasteiger partial charge in [0.05, 0.1) is 12.5 Å². The quantitative estimate of drug-likeness (QED) is 0.708. The molecule has 1 amide bonds. The minimum absolute atomic E-state index is 0.125. The lowest BCUT2D eigenvalue weighted by Crippen LogP contribution is -2.43. The van der Waals surface area contributed by atoms with Crippen LogP contribution < -0.4 is 0 Å². The Hall–Kier alpha value is -1.06. The molecule has 18 heavy (non-hydrogen) atoms. The van der Waals surface area contributed by atoms with Gasteiger partial charge in [0.15, 0.2) is 0 Å². The fourth-order valence-corrected chi connectivity index (χ4v) is 2.23. The van der Waals surface area contributed by atoms with Crippen LogP contribution in [-0.2, 0) is 14.3 Å². The molecule has 1 heterocycles. The summed E-state index contributed by atoms with van der Waals surface area (Å²) in [6, 6.07) is 0. The molecule has 0 bridgehead atoms. The van der Waals surface area contributed by atoms with Crippen LogP contribution >= 0.6 is 0 Å². The molecule has 1 rings (SSSR count). The molecule has 2 atom stereocenters. The SMILES string of the molecule is CCOC(=O)[C@H]1CCCN(C(=O)CC(C)CC)C1. The number of ether oxygens (including phenoxy) is 1. The number of carbonyl (C=O) groups is 2. The van der Waals surface area contributed by atoms with Gasteiger partial charge in [0, 0.05) is 19.5 Å². The molecule has 4 heteroatoms. The minimum atomic E-state index is -0.154. The molecule has 0 saturated carbocycles. The maximum atomic E-state index is 12.1. The average molecular weight is 255 g/mol. The summed E-state index contributed by atoms with van der Waals surface area (Å²) in [7, 11) is 0. The predicted octanol–water partition coefficient (Wildman–Crippen LogP) is 2.22. The van der Waals surface area contributed by atoms with Crippen LogP contribution in [0.2, 0.25) is 0 Å². The molecule has 0 spiro atoms. The third-order valence-electron chi connectivity index (χ3n) is 3.61. The fraction of sp³-hybridized carbons (Fsp3) is 0.857. The van der Waals surface area contributed by atoms with E-state index in [1.807, 2.05) is 11.8 Å². The number of nitrogens with zero attached hydrogens (tertiary/aromatic N) is 1. The van der Waals surface area contributed by atoms with E-state index in [1.165, 1.54) is 0 Å². The Bertz CT molecular complexity index is 291. The minimum Gasteiger partial charge on any atom is -0.466 e. The van der Waals surface area contributed by atoms with Gasteiger partial charge in [0.1, 0.15) is 0 Å². The molecular weight excluding hydrogens is 230 g/mol. The van der Waals surface area contributed by atoms with Crippen molar-refractivity contribution in [3.8, 4) is 0 Å². The first-order valence-electron chi connectivity index (χ1n) is 7.02. The lowest BCUT2D eigenvalue weighted by molar-refractivity contribution is -0.151. The van der Waals surface area contributed by atoms with Gasteiger partial charge < -0.3 is 9.64 Å². The Morgan fingerprint density at radius 1 is 1.39 bits per heavy atom. The van der Waals surface area contributed by atoms with Crippen molar-refractivity contribution in [2.45, 2.75) is 46.5 Å². The number of piperidine rings is 1. The van der Waals surface area contributed by atoms with Crippen LogP contribution in [0.25, 0.3) is 0 Å². The second kappa shape index (κ2) is 7.39. The molecule has 0 aliphatic carbocycles. The summed E-state index contributed by atoms with van der Waals surface area (Å²) in [6.45, 7) is 7.72. The van der Waals surface area contributed by atoms with Crippen LogP contribution in [0.3, 0.4) is 0 Å². The predicted molar refractivity (Wildman–Crippen MR) is 70.0 cm³/mol. The van der Waals surface area contributed by atoms with Crippen molar-refractivity contribution >= 4 is 11.9 Å². The topological polar surface area (TPSA) is 46.6 Å².